The van der Waals surface area contributed by atoms with Gasteiger partial charge in [0.1, 0.15) is 11.4 Å². The summed E-state index contributed by atoms with van der Waals surface area (Å²) in [6, 6.07) is 10.5. The number of carbonyl (C=O) groups excluding carboxylic acids is 1. The number of nitrogens with two attached hydrogens (primary N) is 2. The molecule has 0 radical (unpaired) electrons. The summed E-state index contributed by atoms with van der Waals surface area (Å²) in [6.07, 6.45) is 2.91. The second kappa shape index (κ2) is 9.07. The van der Waals surface area contributed by atoms with Crippen LogP contribution in [0.1, 0.15) is 23.2 Å². The van der Waals surface area contributed by atoms with Gasteiger partial charge in [-0.15, -0.1) is 0 Å². The minimum Gasteiger partial charge on any atom is -0.494 e. The fourth-order valence-electron chi connectivity index (χ4n) is 4.11. The zero-order valence-electron chi connectivity index (χ0n) is 18.2. The number of nitrogens with zero attached hydrogens (tertiary/aromatic N) is 3. The third kappa shape index (κ3) is 4.47. The standard InChI is InChI=1S/C23H26F2N6O2/c1-33-20-12-17(6-7-19(20)25)30-10-8-23(14-26,9-11-30)31-13-18(21(27)32)22(29-31)28-16-4-2-15(24)3-5-16/h2-7,12-13H,8-11,14,26H2,1H3,(H2,27,32)(H,28,29). The van der Waals surface area contributed by atoms with Crippen molar-refractivity contribution in [2.45, 2.75) is 18.4 Å². The Balaban J connectivity index is 1.57. The summed E-state index contributed by atoms with van der Waals surface area (Å²) in [5, 5.41) is 7.63. The Morgan fingerprint density at radius 2 is 1.88 bits per heavy atom. The van der Waals surface area contributed by atoms with E-state index in [-0.39, 0.29) is 22.9 Å². The average Bonchev–Trinajstić information content (AvgIpc) is 3.26. The van der Waals surface area contributed by atoms with Gasteiger partial charge in [-0.1, -0.05) is 0 Å². The van der Waals surface area contributed by atoms with Crippen LogP contribution in [0, 0.1) is 11.6 Å². The van der Waals surface area contributed by atoms with Crippen LogP contribution in [-0.2, 0) is 5.54 Å². The molecule has 0 bridgehead atoms. The smallest absolute Gasteiger partial charge is 0.254 e. The molecule has 1 aliphatic rings. The molecule has 1 saturated heterocycles. The first-order valence-electron chi connectivity index (χ1n) is 10.6. The fourth-order valence-corrected chi connectivity index (χ4v) is 4.11. The Morgan fingerprint density at radius 3 is 2.48 bits per heavy atom. The lowest BCUT2D eigenvalue weighted by atomic mass is 9.87. The number of halogens is 2. The predicted molar refractivity (Wildman–Crippen MR) is 122 cm³/mol. The lowest BCUT2D eigenvalue weighted by molar-refractivity contribution is 0.100. The zero-order chi connectivity index (χ0) is 23.6. The first kappa shape index (κ1) is 22.5. The largest absolute Gasteiger partial charge is 0.494 e. The quantitative estimate of drug-likeness (QED) is 0.504. The van der Waals surface area contributed by atoms with Crippen LogP contribution >= 0.6 is 0 Å². The van der Waals surface area contributed by atoms with E-state index in [9.17, 15) is 13.6 Å². The van der Waals surface area contributed by atoms with Crippen molar-refractivity contribution in [2.75, 3.05) is 37.0 Å². The zero-order valence-corrected chi connectivity index (χ0v) is 18.2. The van der Waals surface area contributed by atoms with E-state index in [1.807, 2.05) is 0 Å². The summed E-state index contributed by atoms with van der Waals surface area (Å²) in [4.78, 5) is 14.2. The molecule has 10 heteroatoms. The molecule has 3 aromatic rings. The Morgan fingerprint density at radius 1 is 1.18 bits per heavy atom. The molecule has 4 rings (SSSR count). The lowest BCUT2D eigenvalue weighted by Gasteiger charge is -2.42. The number of amides is 1. The second-order valence-electron chi connectivity index (χ2n) is 8.07. The molecule has 174 valence electrons. The molecular weight excluding hydrogens is 430 g/mol. The third-order valence-electron chi connectivity index (χ3n) is 6.15. The Labute approximate surface area is 190 Å². The van der Waals surface area contributed by atoms with E-state index in [2.05, 4.69) is 15.3 Å². The van der Waals surface area contributed by atoms with Gasteiger partial charge in [0, 0.05) is 43.3 Å². The minimum absolute atomic E-state index is 0.192. The number of hydrogen-bond acceptors (Lipinski definition) is 6. The number of nitrogens with one attached hydrogen (secondary N) is 1. The maximum Gasteiger partial charge on any atom is 0.254 e. The van der Waals surface area contributed by atoms with Gasteiger partial charge in [0.15, 0.2) is 17.4 Å². The number of rotatable bonds is 7. The van der Waals surface area contributed by atoms with E-state index >= 15 is 0 Å². The van der Waals surface area contributed by atoms with Crippen molar-refractivity contribution in [1.29, 1.82) is 0 Å². The number of primary amides is 1. The van der Waals surface area contributed by atoms with E-state index in [0.717, 1.165) is 5.69 Å². The van der Waals surface area contributed by atoms with Gasteiger partial charge in [0.05, 0.1) is 12.6 Å². The highest BCUT2D eigenvalue weighted by atomic mass is 19.1. The van der Waals surface area contributed by atoms with Crippen LogP contribution in [0.2, 0.25) is 0 Å². The van der Waals surface area contributed by atoms with Crippen molar-refractivity contribution >= 4 is 23.1 Å². The molecule has 1 fully saturated rings. The van der Waals surface area contributed by atoms with Crippen molar-refractivity contribution in [3.05, 3.63) is 65.9 Å². The van der Waals surface area contributed by atoms with Crippen LogP contribution in [-0.4, -0.2) is 42.4 Å². The van der Waals surface area contributed by atoms with Crippen molar-refractivity contribution in [1.82, 2.24) is 9.78 Å². The van der Waals surface area contributed by atoms with Crippen molar-refractivity contribution in [2.24, 2.45) is 11.5 Å². The van der Waals surface area contributed by atoms with E-state index in [4.69, 9.17) is 16.2 Å². The molecule has 33 heavy (non-hydrogen) atoms. The van der Waals surface area contributed by atoms with Gasteiger partial charge >= 0.3 is 0 Å². The third-order valence-corrected chi connectivity index (χ3v) is 6.15. The first-order chi connectivity index (χ1) is 15.8. The molecule has 0 spiro atoms. The second-order valence-corrected chi connectivity index (χ2v) is 8.07. The molecule has 1 amide bonds. The summed E-state index contributed by atoms with van der Waals surface area (Å²) in [5.74, 6) is -0.931. The van der Waals surface area contributed by atoms with Gasteiger partial charge in [-0.25, -0.2) is 8.78 Å². The van der Waals surface area contributed by atoms with Crippen molar-refractivity contribution < 1.29 is 18.3 Å². The topological polar surface area (TPSA) is 111 Å². The molecule has 1 aromatic heterocycles. The number of benzene rings is 2. The number of piperidine rings is 1. The van der Waals surface area contributed by atoms with Crippen LogP contribution in [0.4, 0.5) is 26.0 Å². The summed E-state index contributed by atoms with van der Waals surface area (Å²) in [6.45, 7) is 1.61. The van der Waals surface area contributed by atoms with Gasteiger partial charge in [-0.05, 0) is 49.2 Å². The molecule has 2 heterocycles. The van der Waals surface area contributed by atoms with Crippen molar-refractivity contribution in [3.8, 4) is 5.75 Å². The summed E-state index contributed by atoms with van der Waals surface area (Å²) < 4.78 is 33.8. The monoisotopic (exact) mass is 456 g/mol. The van der Waals surface area contributed by atoms with Crippen LogP contribution in [0.3, 0.4) is 0 Å². The van der Waals surface area contributed by atoms with E-state index in [0.29, 0.717) is 38.2 Å². The minimum atomic E-state index is -0.631. The van der Waals surface area contributed by atoms with Gasteiger partial charge < -0.3 is 26.4 Å². The molecule has 2 aromatic carbocycles. The van der Waals surface area contributed by atoms with E-state index < -0.39 is 17.3 Å². The first-order valence-corrected chi connectivity index (χ1v) is 10.6. The van der Waals surface area contributed by atoms with E-state index in [1.54, 1.807) is 35.1 Å². The Hall–Kier alpha value is -3.66. The summed E-state index contributed by atoms with van der Waals surface area (Å²) >= 11 is 0. The van der Waals surface area contributed by atoms with Crippen LogP contribution in [0.5, 0.6) is 5.75 Å². The number of carbonyl (C=O) groups is 1. The molecule has 0 atom stereocenters. The summed E-state index contributed by atoms with van der Waals surface area (Å²) in [7, 11) is 1.43. The lowest BCUT2D eigenvalue weighted by Crippen LogP contribution is -2.50. The van der Waals surface area contributed by atoms with Crippen molar-refractivity contribution in [3.63, 3.8) is 0 Å². The number of methoxy groups -OCH3 is 1. The highest BCUT2D eigenvalue weighted by molar-refractivity contribution is 5.98. The predicted octanol–water partition coefficient (Wildman–Crippen LogP) is 2.97. The number of aromatic nitrogens is 2. The van der Waals surface area contributed by atoms with Gasteiger partial charge in [0.2, 0.25) is 0 Å². The Bertz CT molecular complexity index is 1140. The molecule has 8 nitrogen and oxygen atoms in total. The van der Waals surface area contributed by atoms with Crippen LogP contribution in [0.15, 0.2) is 48.7 Å². The van der Waals surface area contributed by atoms with Crippen LogP contribution in [0.25, 0.3) is 0 Å². The molecular formula is C23H26F2N6O2. The average molecular weight is 456 g/mol. The number of ether oxygens (including phenoxy) is 1. The molecule has 0 unspecified atom stereocenters. The van der Waals surface area contributed by atoms with Crippen LogP contribution < -0.4 is 26.4 Å². The van der Waals surface area contributed by atoms with E-state index in [1.165, 1.54) is 25.3 Å². The van der Waals surface area contributed by atoms with Gasteiger partial charge in [-0.2, -0.15) is 5.10 Å². The van der Waals surface area contributed by atoms with Gasteiger partial charge in [-0.3, -0.25) is 9.48 Å². The summed E-state index contributed by atoms with van der Waals surface area (Å²) in [5.41, 5.74) is 12.9. The number of anilines is 3. The normalized spacial score (nSPS) is 15.3. The molecule has 1 aliphatic heterocycles. The fraction of sp³-hybridized carbons (Fsp3) is 0.304. The van der Waals surface area contributed by atoms with Gasteiger partial charge in [0.25, 0.3) is 5.91 Å². The number of hydrogen-bond donors (Lipinski definition) is 3. The maximum absolute atomic E-state index is 13.8. The maximum atomic E-state index is 13.8. The molecule has 0 aliphatic carbocycles. The Kier molecular flexibility index (Phi) is 6.19. The SMILES string of the molecule is COc1cc(N2CCC(CN)(n3cc(C(N)=O)c(Nc4ccc(F)cc4)n3)CC2)ccc1F. The highest BCUT2D eigenvalue weighted by Gasteiger charge is 2.37. The molecule has 5 N–H and O–H groups in total. The molecule has 0 saturated carbocycles. The highest BCUT2D eigenvalue weighted by Crippen LogP contribution is 2.34.